The zero-order chi connectivity index (χ0) is 12.4. The lowest BCUT2D eigenvalue weighted by Gasteiger charge is -2.28. The van der Waals surface area contributed by atoms with Crippen LogP contribution < -0.4 is 5.73 Å². The van der Waals surface area contributed by atoms with E-state index in [1.54, 1.807) is 0 Å². The van der Waals surface area contributed by atoms with E-state index in [0.717, 1.165) is 25.0 Å². The van der Waals surface area contributed by atoms with E-state index in [4.69, 9.17) is 22.1 Å². The lowest BCUT2D eigenvalue weighted by Crippen LogP contribution is -2.28. The van der Waals surface area contributed by atoms with Gasteiger partial charge in [0.2, 0.25) is 0 Å². The topological polar surface area (TPSA) is 35.2 Å². The third-order valence-corrected chi connectivity index (χ3v) is 3.57. The van der Waals surface area contributed by atoms with Gasteiger partial charge in [-0.2, -0.15) is 0 Å². The quantitative estimate of drug-likeness (QED) is 0.831. The molecule has 1 fully saturated rings. The molecule has 1 atom stereocenters. The zero-order valence-corrected chi connectivity index (χ0v) is 10.0. The number of hydrogen-bond donors (Lipinski definition) is 1. The Hall–Kier alpha value is -0.710. The molecule has 2 nitrogen and oxygen atoms in total. The Morgan fingerprint density at radius 2 is 1.82 bits per heavy atom. The van der Waals surface area contributed by atoms with Crippen molar-refractivity contribution in [2.45, 2.75) is 18.9 Å². The molecule has 2 N–H and O–H groups in total. The highest BCUT2D eigenvalue weighted by atomic mass is 35.5. The van der Waals surface area contributed by atoms with Crippen LogP contribution in [0.3, 0.4) is 0 Å². The summed E-state index contributed by atoms with van der Waals surface area (Å²) >= 11 is 5.79. The lowest BCUT2D eigenvalue weighted by molar-refractivity contribution is 0.0580. The summed E-state index contributed by atoms with van der Waals surface area (Å²) in [6.45, 7) is 1.21. The maximum Gasteiger partial charge on any atom is 0.142 e. The van der Waals surface area contributed by atoms with Gasteiger partial charge in [0.25, 0.3) is 0 Å². The van der Waals surface area contributed by atoms with Crippen molar-refractivity contribution in [1.29, 1.82) is 0 Å². The molecule has 1 aromatic carbocycles. The molecule has 1 heterocycles. The Morgan fingerprint density at radius 3 is 2.47 bits per heavy atom. The molecule has 0 bridgehead atoms. The maximum atomic E-state index is 13.7. The Bertz CT molecular complexity index is 408. The third-order valence-electron chi connectivity index (χ3n) is 3.19. The highest BCUT2D eigenvalue weighted by Gasteiger charge is 2.27. The predicted octanol–water partition coefficient (Wildman–Crippen LogP) is 3.04. The molecule has 0 saturated carbocycles. The van der Waals surface area contributed by atoms with Gasteiger partial charge in [-0.3, -0.25) is 0 Å². The standard InChI is InChI=1S/C12H14ClF2NO/c13-11-9(15)2-1-8(14)10(11)12(16)7-3-5-17-6-4-7/h1-2,7,12H,3-6,16H2/t12-/m0/s1. The van der Waals surface area contributed by atoms with Gasteiger partial charge in [0.15, 0.2) is 0 Å². The molecule has 1 saturated heterocycles. The van der Waals surface area contributed by atoms with Crippen LogP contribution in [-0.2, 0) is 4.74 Å². The first-order valence-electron chi connectivity index (χ1n) is 5.58. The van der Waals surface area contributed by atoms with Crippen molar-refractivity contribution in [1.82, 2.24) is 0 Å². The molecular weight excluding hydrogens is 248 g/mol. The summed E-state index contributed by atoms with van der Waals surface area (Å²) in [5.41, 5.74) is 6.08. The fourth-order valence-electron chi connectivity index (χ4n) is 2.16. The molecule has 0 radical (unpaired) electrons. The van der Waals surface area contributed by atoms with Gasteiger partial charge in [-0.05, 0) is 30.9 Å². The second-order valence-electron chi connectivity index (χ2n) is 4.23. The number of halogens is 3. The minimum Gasteiger partial charge on any atom is -0.381 e. The summed E-state index contributed by atoms with van der Waals surface area (Å²) in [4.78, 5) is 0. The second kappa shape index (κ2) is 5.29. The minimum atomic E-state index is -0.634. The van der Waals surface area contributed by atoms with Crippen LogP contribution >= 0.6 is 11.6 Å². The van der Waals surface area contributed by atoms with E-state index < -0.39 is 17.7 Å². The predicted molar refractivity (Wildman–Crippen MR) is 61.8 cm³/mol. The molecule has 1 aliphatic rings. The van der Waals surface area contributed by atoms with Gasteiger partial charge in [0.05, 0.1) is 5.02 Å². The maximum absolute atomic E-state index is 13.7. The molecule has 0 aromatic heterocycles. The van der Waals surface area contributed by atoms with Gasteiger partial charge in [-0.15, -0.1) is 0 Å². The van der Waals surface area contributed by atoms with Crippen molar-refractivity contribution in [2.24, 2.45) is 11.7 Å². The molecular formula is C12H14ClF2NO. The normalized spacial score (nSPS) is 19.3. The van der Waals surface area contributed by atoms with Crippen molar-refractivity contribution in [3.63, 3.8) is 0 Å². The lowest BCUT2D eigenvalue weighted by atomic mass is 9.87. The van der Waals surface area contributed by atoms with Crippen molar-refractivity contribution in [2.75, 3.05) is 13.2 Å². The molecule has 94 valence electrons. The molecule has 0 aliphatic carbocycles. The Morgan fingerprint density at radius 1 is 1.24 bits per heavy atom. The van der Waals surface area contributed by atoms with Crippen LogP contribution in [0.2, 0.25) is 5.02 Å². The summed E-state index contributed by atoms with van der Waals surface area (Å²) in [5.74, 6) is -1.10. The van der Waals surface area contributed by atoms with Gasteiger partial charge in [0, 0.05) is 24.8 Å². The number of ether oxygens (including phenoxy) is 1. The van der Waals surface area contributed by atoms with E-state index in [1.165, 1.54) is 0 Å². The van der Waals surface area contributed by atoms with E-state index in [-0.39, 0.29) is 16.5 Å². The Balaban J connectivity index is 2.29. The van der Waals surface area contributed by atoms with E-state index in [0.29, 0.717) is 13.2 Å². The fraction of sp³-hybridized carbons (Fsp3) is 0.500. The molecule has 2 rings (SSSR count). The van der Waals surface area contributed by atoms with Crippen LogP contribution in [0.4, 0.5) is 8.78 Å². The summed E-state index contributed by atoms with van der Waals surface area (Å²) in [6.07, 6.45) is 1.49. The summed E-state index contributed by atoms with van der Waals surface area (Å²) in [7, 11) is 0. The van der Waals surface area contributed by atoms with Gasteiger partial charge in [-0.25, -0.2) is 8.78 Å². The molecule has 0 spiro atoms. The largest absolute Gasteiger partial charge is 0.381 e. The smallest absolute Gasteiger partial charge is 0.142 e. The fourth-order valence-corrected chi connectivity index (χ4v) is 2.44. The molecule has 0 unspecified atom stereocenters. The van der Waals surface area contributed by atoms with Crippen molar-refractivity contribution in [3.8, 4) is 0 Å². The average molecular weight is 262 g/mol. The zero-order valence-electron chi connectivity index (χ0n) is 9.26. The number of rotatable bonds is 2. The summed E-state index contributed by atoms with van der Waals surface area (Å²) in [5, 5.41) is -0.205. The van der Waals surface area contributed by atoms with Crippen LogP contribution in [-0.4, -0.2) is 13.2 Å². The van der Waals surface area contributed by atoms with Crippen molar-refractivity contribution >= 4 is 11.6 Å². The van der Waals surface area contributed by atoms with Gasteiger partial charge < -0.3 is 10.5 Å². The number of hydrogen-bond acceptors (Lipinski definition) is 2. The van der Waals surface area contributed by atoms with Crippen LogP contribution in [0.1, 0.15) is 24.4 Å². The first-order chi connectivity index (χ1) is 8.11. The highest BCUT2D eigenvalue weighted by molar-refractivity contribution is 6.31. The van der Waals surface area contributed by atoms with Gasteiger partial charge in [-0.1, -0.05) is 11.6 Å². The summed E-state index contributed by atoms with van der Waals surface area (Å²) < 4.78 is 32.2. The minimum absolute atomic E-state index is 0.0811. The Kier molecular flexibility index (Phi) is 3.97. The first kappa shape index (κ1) is 12.7. The van der Waals surface area contributed by atoms with Crippen molar-refractivity contribution in [3.05, 3.63) is 34.4 Å². The molecule has 17 heavy (non-hydrogen) atoms. The third kappa shape index (κ3) is 2.59. The number of nitrogens with two attached hydrogens (primary N) is 1. The van der Waals surface area contributed by atoms with E-state index in [1.807, 2.05) is 0 Å². The summed E-state index contributed by atoms with van der Waals surface area (Å²) in [6, 6.07) is 1.50. The van der Waals surface area contributed by atoms with E-state index in [2.05, 4.69) is 0 Å². The average Bonchev–Trinajstić information content (AvgIpc) is 2.35. The van der Waals surface area contributed by atoms with Gasteiger partial charge >= 0.3 is 0 Å². The number of benzene rings is 1. The Labute approximate surface area is 104 Å². The monoisotopic (exact) mass is 261 g/mol. The van der Waals surface area contributed by atoms with Crippen molar-refractivity contribution < 1.29 is 13.5 Å². The highest BCUT2D eigenvalue weighted by Crippen LogP contribution is 2.34. The van der Waals surface area contributed by atoms with Gasteiger partial charge in [0.1, 0.15) is 11.6 Å². The van der Waals surface area contributed by atoms with E-state index >= 15 is 0 Å². The van der Waals surface area contributed by atoms with Crippen LogP contribution in [0.25, 0.3) is 0 Å². The van der Waals surface area contributed by atoms with Crippen LogP contribution in [0.15, 0.2) is 12.1 Å². The van der Waals surface area contributed by atoms with E-state index in [9.17, 15) is 8.78 Å². The SMILES string of the molecule is N[C@H](c1c(F)ccc(F)c1Cl)C1CCOCC1. The van der Waals surface area contributed by atoms with Crippen LogP contribution in [0.5, 0.6) is 0 Å². The molecule has 5 heteroatoms. The molecule has 1 aromatic rings. The molecule has 1 aliphatic heterocycles. The first-order valence-corrected chi connectivity index (χ1v) is 5.95. The molecule has 0 amide bonds. The van der Waals surface area contributed by atoms with Crippen LogP contribution in [0, 0.1) is 17.6 Å². The second-order valence-corrected chi connectivity index (χ2v) is 4.61.